The van der Waals surface area contributed by atoms with Gasteiger partial charge in [0.25, 0.3) is 0 Å². The Morgan fingerprint density at radius 1 is 0.595 bits per heavy atom. The van der Waals surface area contributed by atoms with Gasteiger partial charge in [-0.25, -0.2) is 4.31 Å². The zero-order chi connectivity index (χ0) is 24.7. The molecule has 1 saturated heterocycles. The minimum Gasteiger partial charge on any atom is -0.454 e. The van der Waals surface area contributed by atoms with Crippen LogP contribution in [0, 0.1) is 0 Å². The molecule has 0 atom stereocenters. The molecule has 0 radical (unpaired) electrons. The van der Waals surface area contributed by atoms with Crippen LogP contribution in [0.3, 0.4) is 0 Å². The van der Waals surface area contributed by atoms with Crippen molar-refractivity contribution >= 4 is 17.6 Å². The molecule has 0 saturated carbocycles. The van der Waals surface area contributed by atoms with Crippen molar-refractivity contribution in [3.63, 3.8) is 0 Å². The number of hydrogen-bond acceptors (Lipinski definition) is 7. The zero-order valence-corrected chi connectivity index (χ0v) is 21.0. The van der Waals surface area contributed by atoms with Crippen LogP contribution in [-0.4, -0.2) is 37.3 Å². The van der Waals surface area contributed by atoms with Gasteiger partial charge >= 0.3 is 5.79 Å². The van der Waals surface area contributed by atoms with Crippen molar-refractivity contribution in [2.45, 2.75) is 10.7 Å². The van der Waals surface area contributed by atoms with Crippen LogP contribution in [0.1, 0.15) is 11.1 Å². The van der Waals surface area contributed by atoms with Crippen LogP contribution in [0.25, 0.3) is 0 Å². The summed E-state index contributed by atoms with van der Waals surface area (Å²) in [6, 6.07) is 32.7. The molecular weight excluding hydrogens is 484 g/mol. The lowest BCUT2D eigenvalue weighted by Gasteiger charge is -2.35. The van der Waals surface area contributed by atoms with E-state index in [1.807, 2.05) is 72.8 Å². The number of hydrogen-bond donors (Lipinski definition) is 0. The first-order valence-electron chi connectivity index (χ1n) is 12.5. The highest BCUT2D eigenvalue weighted by Gasteiger charge is 2.45. The number of piperazine rings is 1. The Kier molecular flexibility index (Phi) is 5.60. The van der Waals surface area contributed by atoms with Gasteiger partial charge in [0.2, 0.25) is 6.79 Å². The molecule has 4 aromatic carbocycles. The molecule has 3 aliphatic heterocycles. The Morgan fingerprint density at radius 2 is 1.24 bits per heavy atom. The van der Waals surface area contributed by atoms with Crippen molar-refractivity contribution in [2.24, 2.45) is 0 Å². The summed E-state index contributed by atoms with van der Waals surface area (Å²) in [7, 11) is 0. The van der Waals surface area contributed by atoms with Gasteiger partial charge in [0, 0.05) is 54.0 Å². The summed E-state index contributed by atoms with van der Waals surface area (Å²) >= 11 is 1.77. The SMILES string of the molecule is c1ccc(C2(c3ccccc3)Oc3ccc(SN4CCN(c5ccc6c(c5)OCO6)CC4)cc3O2)cc1. The van der Waals surface area contributed by atoms with E-state index < -0.39 is 5.79 Å². The minimum absolute atomic E-state index is 0.302. The summed E-state index contributed by atoms with van der Waals surface area (Å²) in [5, 5.41) is 0. The van der Waals surface area contributed by atoms with Gasteiger partial charge in [-0.15, -0.1) is 0 Å². The molecule has 186 valence electrons. The normalized spacial score (nSPS) is 17.7. The molecule has 7 heteroatoms. The fourth-order valence-corrected chi connectivity index (χ4v) is 5.96. The van der Waals surface area contributed by atoms with E-state index in [-0.39, 0.29) is 0 Å². The molecule has 0 aromatic heterocycles. The van der Waals surface area contributed by atoms with E-state index in [2.05, 4.69) is 33.5 Å². The lowest BCUT2D eigenvalue weighted by atomic mass is 9.97. The predicted octanol–water partition coefficient (Wildman–Crippen LogP) is 5.92. The van der Waals surface area contributed by atoms with E-state index in [9.17, 15) is 0 Å². The van der Waals surface area contributed by atoms with Crippen molar-refractivity contribution in [2.75, 3.05) is 37.9 Å². The molecule has 6 nitrogen and oxygen atoms in total. The minimum atomic E-state index is -0.996. The predicted molar refractivity (Wildman–Crippen MR) is 144 cm³/mol. The van der Waals surface area contributed by atoms with Crippen molar-refractivity contribution in [1.29, 1.82) is 0 Å². The molecule has 7 rings (SSSR count). The number of benzene rings is 4. The molecule has 0 spiro atoms. The first kappa shape index (κ1) is 22.4. The first-order chi connectivity index (χ1) is 18.3. The molecule has 0 aliphatic carbocycles. The lowest BCUT2D eigenvalue weighted by Crippen LogP contribution is -2.43. The van der Waals surface area contributed by atoms with Gasteiger partial charge in [0.15, 0.2) is 23.0 Å². The third-order valence-corrected chi connectivity index (χ3v) is 8.01. The van der Waals surface area contributed by atoms with Crippen molar-refractivity contribution in [3.05, 3.63) is 108 Å². The zero-order valence-electron chi connectivity index (χ0n) is 20.2. The topological polar surface area (TPSA) is 43.4 Å². The van der Waals surface area contributed by atoms with Crippen molar-refractivity contribution in [3.8, 4) is 23.0 Å². The second-order valence-electron chi connectivity index (χ2n) is 9.21. The van der Waals surface area contributed by atoms with Gasteiger partial charge in [0.05, 0.1) is 0 Å². The third kappa shape index (κ3) is 4.14. The molecule has 3 heterocycles. The highest BCUT2D eigenvalue weighted by atomic mass is 32.2. The average Bonchev–Trinajstić information content (AvgIpc) is 3.59. The van der Waals surface area contributed by atoms with Crippen LogP contribution in [0.5, 0.6) is 23.0 Å². The Balaban J connectivity index is 1.06. The summed E-state index contributed by atoms with van der Waals surface area (Å²) in [6.07, 6.45) is 0. The third-order valence-electron chi connectivity index (χ3n) is 6.92. The maximum Gasteiger partial charge on any atom is 0.305 e. The number of nitrogens with zero attached hydrogens (tertiary/aromatic N) is 2. The molecule has 0 amide bonds. The summed E-state index contributed by atoms with van der Waals surface area (Å²) in [5.41, 5.74) is 3.10. The molecule has 3 aliphatic rings. The van der Waals surface area contributed by atoms with E-state index >= 15 is 0 Å². The summed E-state index contributed by atoms with van der Waals surface area (Å²) in [4.78, 5) is 3.53. The van der Waals surface area contributed by atoms with Crippen molar-refractivity contribution < 1.29 is 18.9 Å². The smallest absolute Gasteiger partial charge is 0.305 e. The Labute approximate surface area is 220 Å². The number of ether oxygens (including phenoxy) is 4. The maximum absolute atomic E-state index is 6.62. The Morgan fingerprint density at radius 3 is 1.97 bits per heavy atom. The van der Waals surface area contributed by atoms with Crippen LogP contribution in [0.4, 0.5) is 5.69 Å². The number of anilines is 1. The highest BCUT2D eigenvalue weighted by Crippen LogP contribution is 2.49. The van der Waals surface area contributed by atoms with E-state index in [4.69, 9.17) is 18.9 Å². The first-order valence-corrected chi connectivity index (χ1v) is 13.2. The van der Waals surface area contributed by atoms with E-state index in [1.165, 1.54) is 5.69 Å². The van der Waals surface area contributed by atoms with Crippen molar-refractivity contribution in [1.82, 2.24) is 4.31 Å². The molecule has 1 fully saturated rings. The maximum atomic E-state index is 6.62. The van der Waals surface area contributed by atoms with E-state index in [0.29, 0.717) is 6.79 Å². The van der Waals surface area contributed by atoms with Crippen LogP contribution in [-0.2, 0) is 5.79 Å². The van der Waals surface area contributed by atoms with Gasteiger partial charge in [-0.3, -0.25) is 0 Å². The van der Waals surface area contributed by atoms with Crippen LogP contribution in [0.15, 0.2) is 102 Å². The fourth-order valence-electron chi connectivity index (χ4n) is 5.03. The molecule has 0 bridgehead atoms. The standard InChI is InChI=1S/C30H26N2O4S/c1-3-7-22(8-4-1)30(23-9-5-2-6-10-23)35-27-14-12-25(20-29(27)36-30)37-32-17-15-31(16-18-32)24-11-13-26-28(19-24)34-21-33-26/h1-14,19-20H,15-18,21H2. The monoisotopic (exact) mass is 510 g/mol. The van der Waals surface area contributed by atoms with Gasteiger partial charge in [-0.2, -0.15) is 0 Å². The summed E-state index contributed by atoms with van der Waals surface area (Å²) < 4.78 is 26.6. The number of rotatable bonds is 5. The van der Waals surface area contributed by atoms with E-state index in [1.54, 1.807) is 11.9 Å². The van der Waals surface area contributed by atoms with Gasteiger partial charge in [-0.1, -0.05) is 60.7 Å². The molecule has 37 heavy (non-hydrogen) atoms. The average molecular weight is 511 g/mol. The molecule has 4 aromatic rings. The second-order valence-corrected chi connectivity index (χ2v) is 10.4. The van der Waals surface area contributed by atoms with E-state index in [0.717, 1.165) is 65.2 Å². The van der Waals surface area contributed by atoms with Gasteiger partial charge < -0.3 is 23.8 Å². The highest BCUT2D eigenvalue weighted by molar-refractivity contribution is 7.97. The molecular formula is C30H26N2O4S. The van der Waals surface area contributed by atoms with Crippen LogP contribution >= 0.6 is 11.9 Å². The van der Waals surface area contributed by atoms with Crippen LogP contribution < -0.4 is 23.8 Å². The summed E-state index contributed by atoms with van der Waals surface area (Å²) in [5.74, 6) is 2.17. The summed E-state index contributed by atoms with van der Waals surface area (Å²) in [6.45, 7) is 4.10. The quantitative estimate of drug-likeness (QED) is 0.309. The Hall–Kier alpha value is -3.81. The molecule has 0 unspecified atom stereocenters. The Bertz CT molecular complexity index is 1370. The second kappa shape index (κ2) is 9.25. The van der Waals surface area contributed by atoms with Crippen LogP contribution in [0.2, 0.25) is 0 Å². The number of fused-ring (bicyclic) bond motifs is 2. The lowest BCUT2D eigenvalue weighted by molar-refractivity contribution is -0.0459. The van der Waals surface area contributed by atoms with Gasteiger partial charge in [-0.05, 0) is 42.3 Å². The van der Waals surface area contributed by atoms with Gasteiger partial charge in [0.1, 0.15) is 0 Å². The largest absolute Gasteiger partial charge is 0.454 e. The fraction of sp³-hybridized carbons (Fsp3) is 0.200. The molecule has 0 N–H and O–H groups in total.